The first-order chi connectivity index (χ1) is 6.48. The highest BCUT2D eigenvalue weighted by molar-refractivity contribution is 5.07. The predicted molar refractivity (Wildman–Crippen MR) is 61.2 cm³/mol. The lowest BCUT2D eigenvalue weighted by atomic mass is 10.1. The van der Waals surface area contributed by atoms with Crippen LogP contribution in [0.2, 0.25) is 0 Å². The van der Waals surface area contributed by atoms with Crippen LogP contribution in [0.5, 0.6) is 0 Å². The van der Waals surface area contributed by atoms with Gasteiger partial charge in [-0.2, -0.15) is 0 Å². The molecule has 2 nitrogen and oxygen atoms in total. The Balaban J connectivity index is 3.27. The Kier molecular flexibility index (Phi) is 6.61. The maximum absolute atomic E-state index is 5.45. The molecule has 82 valence electrons. The van der Waals surface area contributed by atoms with E-state index in [1.165, 1.54) is 0 Å². The van der Waals surface area contributed by atoms with Gasteiger partial charge in [0.05, 0.1) is 12.1 Å². The fraction of sp³-hybridized carbons (Fsp3) is 0.833. The standard InChI is InChI=1S/C12H23NO/c1-6-12(4,5)13-8-10-14-9-7-11(2)3/h1,11,13H,7-10H2,2-5H3. The van der Waals surface area contributed by atoms with Crippen molar-refractivity contribution in [3.63, 3.8) is 0 Å². The lowest BCUT2D eigenvalue weighted by Gasteiger charge is -2.19. The van der Waals surface area contributed by atoms with Crippen LogP contribution in [0.25, 0.3) is 0 Å². The van der Waals surface area contributed by atoms with Crippen molar-refractivity contribution in [2.45, 2.75) is 39.7 Å². The van der Waals surface area contributed by atoms with E-state index in [0.29, 0.717) is 5.92 Å². The van der Waals surface area contributed by atoms with Gasteiger partial charge in [-0.25, -0.2) is 0 Å². The number of hydrogen-bond acceptors (Lipinski definition) is 2. The molecule has 0 heterocycles. The van der Waals surface area contributed by atoms with Crippen molar-refractivity contribution in [3.8, 4) is 12.3 Å². The fourth-order valence-electron chi connectivity index (χ4n) is 0.908. The van der Waals surface area contributed by atoms with Crippen molar-refractivity contribution in [2.75, 3.05) is 19.8 Å². The summed E-state index contributed by atoms with van der Waals surface area (Å²) in [4.78, 5) is 0. The van der Waals surface area contributed by atoms with Crippen LogP contribution in [0.1, 0.15) is 34.1 Å². The molecular weight excluding hydrogens is 174 g/mol. The topological polar surface area (TPSA) is 21.3 Å². The van der Waals surface area contributed by atoms with E-state index in [-0.39, 0.29) is 5.54 Å². The summed E-state index contributed by atoms with van der Waals surface area (Å²) < 4.78 is 5.45. The Bertz CT molecular complexity index is 179. The Morgan fingerprint density at radius 2 is 2.00 bits per heavy atom. The lowest BCUT2D eigenvalue weighted by molar-refractivity contribution is 0.122. The van der Waals surface area contributed by atoms with Gasteiger partial charge in [0.2, 0.25) is 0 Å². The second-order valence-electron chi connectivity index (χ2n) is 4.49. The summed E-state index contributed by atoms with van der Waals surface area (Å²) >= 11 is 0. The van der Waals surface area contributed by atoms with Gasteiger partial charge in [0, 0.05) is 13.2 Å². The van der Waals surface area contributed by atoms with Crippen molar-refractivity contribution in [3.05, 3.63) is 0 Å². The van der Waals surface area contributed by atoms with Gasteiger partial charge in [0.25, 0.3) is 0 Å². The van der Waals surface area contributed by atoms with Crippen LogP contribution in [-0.4, -0.2) is 25.3 Å². The smallest absolute Gasteiger partial charge is 0.0742 e. The average Bonchev–Trinajstić information content (AvgIpc) is 2.10. The van der Waals surface area contributed by atoms with E-state index < -0.39 is 0 Å². The molecule has 0 atom stereocenters. The summed E-state index contributed by atoms with van der Waals surface area (Å²) in [7, 11) is 0. The van der Waals surface area contributed by atoms with Gasteiger partial charge in [-0.3, -0.25) is 5.32 Å². The van der Waals surface area contributed by atoms with Crippen LogP contribution in [0.4, 0.5) is 0 Å². The van der Waals surface area contributed by atoms with Crippen LogP contribution in [0, 0.1) is 18.3 Å². The number of ether oxygens (including phenoxy) is 1. The van der Waals surface area contributed by atoms with E-state index in [0.717, 1.165) is 26.2 Å². The first-order valence-electron chi connectivity index (χ1n) is 5.28. The van der Waals surface area contributed by atoms with Gasteiger partial charge in [-0.1, -0.05) is 19.8 Å². The van der Waals surface area contributed by atoms with Crippen molar-refractivity contribution < 1.29 is 4.74 Å². The van der Waals surface area contributed by atoms with Crippen LogP contribution >= 0.6 is 0 Å². The molecule has 0 bridgehead atoms. The van der Waals surface area contributed by atoms with E-state index in [2.05, 4.69) is 25.1 Å². The van der Waals surface area contributed by atoms with Gasteiger partial charge in [0.1, 0.15) is 0 Å². The third-order valence-electron chi connectivity index (χ3n) is 2.01. The highest BCUT2D eigenvalue weighted by atomic mass is 16.5. The molecule has 0 saturated carbocycles. The quantitative estimate of drug-likeness (QED) is 0.498. The summed E-state index contributed by atoms with van der Waals surface area (Å²) in [6.45, 7) is 10.8. The zero-order chi connectivity index (χ0) is 11.0. The summed E-state index contributed by atoms with van der Waals surface area (Å²) in [6.07, 6.45) is 6.46. The van der Waals surface area contributed by atoms with Crippen LogP contribution in [0.15, 0.2) is 0 Å². The molecule has 0 fully saturated rings. The van der Waals surface area contributed by atoms with E-state index in [1.807, 2.05) is 13.8 Å². The highest BCUT2D eigenvalue weighted by Gasteiger charge is 2.10. The van der Waals surface area contributed by atoms with Gasteiger partial charge < -0.3 is 4.74 Å². The van der Waals surface area contributed by atoms with Crippen LogP contribution < -0.4 is 5.32 Å². The highest BCUT2D eigenvalue weighted by Crippen LogP contribution is 1.99. The molecule has 0 spiro atoms. The van der Waals surface area contributed by atoms with Gasteiger partial charge in [-0.05, 0) is 26.2 Å². The molecule has 0 radical (unpaired) electrons. The molecule has 2 heteroatoms. The Morgan fingerprint density at radius 3 is 2.50 bits per heavy atom. The molecule has 0 saturated heterocycles. The summed E-state index contributed by atoms with van der Waals surface area (Å²) in [5, 5.41) is 3.24. The molecule has 0 amide bonds. The largest absolute Gasteiger partial charge is 0.380 e. The molecule has 0 aromatic rings. The monoisotopic (exact) mass is 197 g/mol. The summed E-state index contributed by atoms with van der Waals surface area (Å²) in [6, 6.07) is 0. The molecule has 0 aliphatic rings. The lowest BCUT2D eigenvalue weighted by Crippen LogP contribution is -2.39. The minimum absolute atomic E-state index is 0.221. The molecule has 0 unspecified atom stereocenters. The molecule has 0 aromatic heterocycles. The van der Waals surface area contributed by atoms with Gasteiger partial charge >= 0.3 is 0 Å². The SMILES string of the molecule is C#CC(C)(C)NCCOCCC(C)C. The predicted octanol–water partition coefficient (Wildman–Crippen LogP) is 2.05. The van der Waals surface area contributed by atoms with Crippen molar-refractivity contribution in [1.29, 1.82) is 0 Å². The van der Waals surface area contributed by atoms with E-state index in [1.54, 1.807) is 0 Å². The molecule has 0 aliphatic heterocycles. The van der Waals surface area contributed by atoms with Crippen molar-refractivity contribution >= 4 is 0 Å². The van der Waals surface area contributed by atoms with E-state index in [4.69, 9.17) is 11.2 Å². The number of nitrogens with one attached hydrogen (secondary N) is 1. The average molecular weight is 197 g/mol. The van der Waals surface area contributed by atoms with Crippen molar-refractivity contribution in [2.24, 2.45) is 5.92 Å². The summed E-state index contributed by atoms with van der Waals surface area (Å²) in [5.74, 6) is 3.40. The first kappa shape index (κ1) is 13.5. The second-order valence-corrected chi connectivity index (χ2v) is 4.49. The maximum Gasteiger partial charge on any atom is 0.0742 e. The van der Waals surface area contributed by atoms with Crippen LogP contribution in [-0.2, 0) is 4.74 Å². The molecular formula is C12H23NO. The van der Waals surface area contributed by atoms with E-state index >= 15 is 0 Å². The first-order valence-corrected chi connectivity index (χ1v) is 5.28. The third-order valence-corrected chi connectivity index (χ3v) is 2.01. The Hall–Kier alpha value is -0.520. The maximum atomic E-state index is 5.45. The minimum atomic E-state index is -0.221. The third kappa shape index (κ3) is 8.10. The molecule has 0 aliphatic carbocycles. The Morgan fingerprint density at radius 1 is 1.36 bits per heavy atom. The Labute approximate surface area is 88.4 Å². The molecule has 14 heavy (non-hydrogen) atoms. The van der Waals surface area contributed by atoms with Gasteiger partial charge in [0.15, 0.2) is 0 Å². The minimum Gasteiger partial charge on any atom is -0.380 e. The van der Waals surface area contributed by atoms with E-state index in [9.17, 15) is 0 Å². The zero-order valence-corrected chi connectivity index (χ0v) is 9.89. The fourth-order valence-corrected chi connectivity index (χ4v) is 0.908. The number of hydrogen-bond donors (Lipinski definition) is 1. The van der Waals surface area contributed by atoms with Gasteiger partial charge in [-0.15, -0.1) is 6.42 Å². The molecule has 0 rings (SSSR count). The number of terminal acetylenes is 1. The molecule has 0 aromatic carbocycles. The number of rotatable bonds is 7. The zero-order valence-electron chi connectivity index (χ0n) is 9.89. The second kappa shape index (κ2) is 6.86. The summed E-state index contributed by atoms with van der Waals surface area (Å²) in [5.41, 5.74) is -0.221. The molecule has 1 N–H and O–H groups in total. The van der Waals surface area contributed by atoms with Crippen molar-refractivity contribution in [1.82, 2.24) is 5.32 Å². The normalized spacial score (nSPS) is 11.7. The van der Waals surface area contributed by atoms with Crippen LogP contribution in [0.3, 0.4) is 0 Å².